The lowest BCUT2D eigenvalue weighted by atomic mass is 9.94. The van der Waals surface area contributed by atoms with Crippen molar-refractivity contribution in [2.24, 2.45) is 5.92 Å². The van der Waals surface area contributed by atoms with Crippen LogP contribution in [0.3, 0.4) is 0 Å². The van der Waals surface area contributed by atoms with Gasteiger partial charge in [0.05, 0.1) is 5.00 Å². The van der Waals surface area contributed by atoms with Crippen LogP contribution in [0, 0.1) is 5.92 Å². The molecule has 5 nitrogen and oxygen atoms in total. The predicted octanol–water partition coefficient (Wildman–Crippen LogP) is 3.72. The molecule has 2 N–H and O–H groups in total. The van der Waals surface area contributed by atoms with Gasteiger partial charge in [-0.25, -0.2) is 13.6 Å². The van der Waals surface area contributed by atoms with Gasteiger partial charge in [-0.05, 0) is 51.7 Å². The molecule has 1 heterocycles. The van der Waals surface area contributed by atoms with Gasteiger partial charge >= 0.3 is 6.09 Å². The fourth-order valence-corrected chi connectivity index (χ4v) is 4.00. The number of amides is 2. The Labute approximate surface area is 149 Å². The summed E-state index contributed by atoms with van der Waals surface area (Å²) in [6, 6.07) is 1.79. The molecule has 3 rings (SSSR count). The zero-order chi connectivity index (χ0) is 18.4. The number of ether oxygens (including phenoxy) is 1. The molecule has 0 aliphatic heterocycles. The van der Waals surface area contributed by atoms with E-state index in [0.717, 1.165) is 23.3 Å². The average molecular weight is 372 g/mol. The van der Waals surface area contributed by atoms with Gasteiger partial charge in [-0.2, -0.15) is 0 Å². The second kappa shape index (κ2) is 6.23. The monoisotopic (exact) mass is 372 g/mol. The molecule has 1 aromatic heterocycles. The zero-order valence-electron chi connectivity index (χ0n) is 14.4. The van der Waals surface area contributed by atoms with Crippen molar-refractivity contribution in [2.45, 2.75) is 64.0 Å². The van der Waals surface area contributed by atoms with E-state index in [2.05, 4.69) is 10.6 Å². The number of hydrogen-bond donors (Lipinski definition) is 2. The molecule has 138 valence electrons. The number of anilines is 1. The van der Waals surface area contributed by atoms with Crippen molar-refractivity contribution in [3.05, 3.63) is 16.5 Å². The summed E-state index contributed by atoms with van der Waals surface area (Å²) >= 11 is 1.42. The van der Waals surface area contributed by atoms with E-state index in [4.69, 9.17) is 4.74 Å². The summed E-state index contributed by atoms with van der Waals surface area (Å²) in [5.74, 6) is -4.68. The molecule has 0 spiro atoms. The summed E-state index contributed by atoms with van der Waals surface area (Å²) < 4.78 is 31.2. The SMILES string of the molecule is CC(C)(C)OC(=O)N[C@H]1CCc2sc(NC(=O)C3CC3(F)F)cc2C1. The largest absolute Gasteiger partial charge is 0.444 e. The average Bonchev–Trinajstić information content (AvgIpc) is 2.91. The number of alkyl carbamates (subject to hydrolysis) is 1. The molecule has 25 heavy (non-hydrogen) atoms. The van der Waals surface area contributed by atoms with Crippen LogP contribution in [-0.4, -0.2) is 29.6 Å². The first-order chi connectivity index (χ1) is 11.5. The van der Waals surface area contributed by atoms with E-state index in [1.807, 2.05) is 26.8 Å². The van der Waals surface area contributed by atoms with E-state index >= 15 is 0 Å². The van der Waals surface area contributed by atoms with Crippen molar-refractivity contribution in [2.75, 3.05) is 5.32 Å². The number of thiophene rings is 1. The molecule has 1 saturated carbocycles. The number of fused-ring (bicyclic) bond motifs is 1. The standard InChI is InChI=1S/C17H22F2N2O3S/c1-16(2,3)24-15(23)20-10-4-5-12-9(6-10)7-13(25-12)21-14(22)11-8-17(11,18)19/h7,10-11H,4-6,8H2,1-3H3,(H,20,23)(H,21,22)/t10-,11?/m0/s1. The number of aryl methyl sites for hydroxylation is 1. The van der Waals surface area contributed by atoms with E-state index in [-0.39, 0.29) is 12.5 Å². The Hall–Kier alpha value is -1.70. The van der Waals surface area contributed by atoms with Crippen LogP contribution in [0.5, 0.6) is 0 Å². The lowest BCUT2D eigenvalue weighted by molar-refractivity contribution is -0.119. The van der Waals surface area contributed by atoms with E-state index in [9.17, 15) is 18.4 Å². The highest BCUT2D eigenvalue weighted by Crippen LogP contribution is 2.49. The second-order valence-electron chi connectivity index (χ2n) is 7.65. The molecule has 0 aromatic carbocycles. The number of carbonyl (C=O) groups is 2. The van der Waals surface area contributed by atoms with Gasteiger partial charge in [-0.3, -0.25) is 4.79 Å². The molecule has 0 radical (unpaired) electrons. The van der Waals surface area contributed by atoms with Gasteiger partial charge in [0.1, 0.15) is 11.5 Å². The van der Waals surface area contributed by atoms with E-state index in [1.54, 1.807) is 0 Å². The van der Waals surface area contributed by atoms with Crippen LogP contribution in [0.1, 0.15) is 44.1 Å². The maximum absolute atomic E-state index is 13.0. The van der Waals surface area contributed by atoms with Crippen LogP contribution in [0.2, 0.25) is 0 Å². The van der Waals surface area contributed by atoms with Crippen LogP contribution >= 0.6 is 11.3 Å². The molecule has 2 aliphatic rings. The molecule has 1 unspecified atom stereocenters. The Morgan fingerprint density at radius 1 is 1.36 bits per heavy atom. The Morgan fingerprint density at radius 2 is 2.04 bits per heavy atom. The number of nitrogens with one attached hydrogen (secondary N) is 2. The first-order valence-corrected chi connectivity index (χ1v) is 9.15. The highest BCUT2D eigenvalue weighted by molar-refractivity contribution is 7.16. The van der Waals surface area contributed by atoms with Gasteiger partial charge in [0, 0.05) is 17.3 Å². The first kappa shape index (κ1) is 18.1. The third-order valence-electron chi connectivity index (χ3n) is 4.19. The molecular formula is C17H22F2N2O3S. The minimum Gasteiger partial charge on any atom is -0.444 e. The summed E-state index contributed by atoms with van der Waals surface area (Å²) in [6.07, 6.45) is 1.38. The van der Waals surface area contributed by atoms with E-state index in [0.29, 0.717) is 11.4 Å². The Bertz CT molecular complexity index is 697. The smallest absolute Gasteiger partial charge is 0.407 e. The third-order valence-corrected chi connectivity index (χ3v) is 5.35. The number of carbonyl (C=O) groups excluding carboxylic acids is 2. The first-order valence-electron chi connectivity index (χ1n) is 8.33. The summed E-state index contributed by atoms with van der Waals surface area (Å²) in [4.78, 5) is 24.8. The van der Waals surface area contributed by atoms with Crippen molar-refractivity contribution in [1.82, 2.24) is 5.32 Å². The molecule has 0 saturated heterocycles. The van der Waals surface area contributed by atoms with Crippen LogP contribution in [0.25, 0.3) is 0 Å². The Morgan fingerprint density at radius 3 is 2.64 bits per heavy atom. The highest BCUT2D eigenvalue weighted by atomic mass is 32.1. The van der Waals surface area contributed by atoms with E-state index in [1.165, 1.54) is 11.3 Å². The van der Waals surface area contributed by atoms with Gasteiger partial charge < -0.3 is 15.4 Å². The van der Waals surface area contributed by atoms with Crippen molar-refractivity contribution in [1.29, 1.82) is 0 Å². The molecule has 8 heteroatoms. The van der Waals surface area contributed by atoms with Crippen molar-refractivity contribution >= 4 is 28.3 Å². The fraction of sp³-hybridized carbons (Fsp3) is 0.647. The van der Waals surface area contributed by atoms with Crippen LogP contribution in [0.4, 0.5) is 18.6 Å². The van der Waals surface area contributed by atoms with Crippen LogP contribution < -0.4 is 10.6 Å². The molecule has 0 bridgehead atoms. The molecule has 2 aliphatic carbocycles. The lowest BCUT2D eigenvalue weighted by Crippen LogP contribution is -2.41. The fourth-order valence-electron chi connectivity index (χ4n) is 2.89. The van der Waals surface area contributed by atoms with Crippen molar-refractivity contribution < 1.29 is 23.1 Å². The highest BCUT2D eigenvalue weighted by Gasteiger charge is 2.61. The van der Waals surface area contributed by atoms with Gasteiger partial charge in [-0.1, -0.05) is 0 Å². The topological polar surface area (TPSA) is 67.4 Å². The normalized spacial score (nSPS) is 24.2. The molecule has 2 atom stereocenters. The summed E-state index contributed by atoms with van der Waals surface area (Å²) in [7, 11) is 0. The van der Waals surface area contributed by atoms with Crippen molar-refractivity contribution in [3.63, 3.8) is 0 Å². The maximum Gasteiger partial charge on any atom is 0.407 e. The minimum absolute atomic E-state index is 0.0340. The van der Waals surface area contributed by atoms with Crippen LogP contribution in [-0.2, 0) is 22.4 Å². The zero-order valence-corrected chi connectivity index (χ0v) is 15.3. The molecule has 1 aromatic rings. The Kier molecular flexibility index (Phi) is 4.51. The summed E-state index contributed by atoms with van der Waals surface area (Å²) in [6.45, 7) is 5.42. The van der Waals surface area contributed by atoms with Gasteiger partial charge in [0.2, 0.25) is 5.91 Å². The van der Waals surface area contributed by atoms with Gasteiger partial charge in [0.25, 0.3) is 5.92 Å². The molecular weight excluding hydrogens is 350 g/mol. The number of alkyl halides is 2. The third kappa shape index (κ3) is 4.48. The Balaban J connectivity index is 1.56. The maximum atomic E-state index is 13.0. The lowest BCUT2D eigenvalue weighted by Gasteiger charge is -2.26. The second-order valence-corrected chi connectivity index (χ2v) is 8.79. The number of rotatable bonds is 3. The quantitative estimate of drug-likeness (QED) is 0.850. The summed E-state index contributed by atoms with van der Waals surface area (Å²) in [5.41, 5.74) is 0.490. The summed E-state index contributed by atoms with van der Waals surface area (Å²) in [5, 5.41) is 6.05. The van der Waals surface area contributed by atoms with Gasteiger partial charge in [-0.15, -0.1) is 11.3 Å². The van der Waals surface area contributed by atoms with Gasteiger partial charge in [0.15, 0.2) is 0 Å². The molecule has 2 amide bonds. The predicted molar refractivity (Wildman–Crippen MR) is 91.2 cm³/mol. The van der Waals surface area contributed by atoms with Crippen molar-refractivity contribution in [3.8, 4) is 0 Å². The van der Waals surface area contributed by atoms with E-state index < -0.39 is 29.4 Å². The molecule has 1 fully saturated rings. The van der Waals surface area contributed by atoms with Crippen LogP contribution in [0.15, 0.2) is 6.07 Å². The number of halogens is 2. The number of hydrogen-bond acceptors (Lipinski definition) is 4. The minimum atomic E-state index is -2.86.